The molecular formula is C16H19FN4O3S. The molecule has 7 nitrogen and oxygen atoms in total. The van der Waals surface area contributed by atoms with Crippen LogP contribution in [0.2, 0.25) is 0 Å². The predicted octanol–water partition coefficient (Wildman–Crippen LogP) is 1.90. The zero-order valence-corrected chi connectivity index (χ0v) is 14.8. The molecule has 1 aromatic heterocycles. The van der Waals surface area contributed by atoms with Crippen molar-refractivity contribution in [1.82, 2.24) is 14.8 Å². The number of anilines is 1. The number of carbonyl (C=O) groups excluding carboxylic acids is 1. The summed E-state index contributed by atoms with van der Waals surface area (Å²) in [4.78, 5) is 13.8. The molecule has 0 amide bonds. The zero-order chi connectivity index (χ0) is 17.8. The molecule has 3 rings (SSSR count). The van der Waals surface area contributed by atoms with Crippen molar-refractivity contribution in [2.24, 2.45) is 0 Å². The average Bonchev–Trinajstić information content (AvgIpc) is 3.05. The highest BCUT2D eigenvalue weighted by Gasteiger charge is 2.25. The van der Waals surface area contributed by atoms with Crippen molar-refractivity contribution in [3.05, 3.63) is 30.1 Å². The second-order valence-corrected chi connectivity index (χ2v) is 6.79. The molecule has 0 aliphatic carbocycles. The highest BCUT2D eigenvalue weighted by molar-refractivity contribution is 8.00. The van der Waals surface area contributed by atoms with Crippen LogP contribution in [0, 0.1) is 5.82 Å². The molecule has 1 saturated heterocycles. The van der Waals surface area contributed by atoms with E-state index in [1.807, 2.05) is 4.90 Å². The molecule has 134 valence electrons. The number of halogens is 1. The maximum atomic E-state index is 13.7. The lowest BCUT2D eigenvalue weighted by Crippen LogP contribution is -2.37. The minimum Gasteiger partial charge on any atom is -0.468 e. The van der Waals surface area contributed by atoms with Gasteiger partial charge in [-0.05, 0) is 25.1 Å². The summed E-state index contributed by atoms with van der Waals surface area (Å²) in [5.41, 5.74) is 0.603. The number of methoxy groups -OCH3 is 1. The number of rotatable bonds is 5. The normalized spacial score (nSPS) is 15.9. The number of hydrogen-bond acceptors (Lipinski definition) is 7. The fourth-order valence-corrected chi connectivity index (χ4v) is 3.41. The maximum absolute atomic E-state index is 13.7. The molecule has 1 aliphatic rings. The molecule has 0 N–H and O–H groups in total. The summed E-state index contributed by atoms with van der Waals surface area (Å²) in [5.74, 6) is -0.101. The van der Waals surface area contributed by atoms with E-state index in [-0.39, 0.29) is 11.8 Å². The molecule has 1 fully saturated rings. The van der Waals surface area contributed by atoms with Gasteiger partial charge in [0.15, 0.2) is 5.16 Å². The molecule has 25 heavy (non-hydrogen) atoms. The van der Waals surface area contributed by atoms with Crippen LogP contribution in [0.4, 0.5) is 10.3 Å². The highest BCUT2D eigenvalue weighted by Crippen LogP contribution is 2.30. The molecule has 0 unspecified atom stereocenters. The standard InChI is InChI=1S/C16H19FN4O3S/c1-11(14(22)23-2)25-16-19-18-15(20-6-8-24-9-7-20)21(16)13-5-3-4-12(17)10-13/h3-5,10-11H,6-9H2,1-2H3/t11-/m0/s1. The van der Waals surface area contributed by atoms with Crippen LogP contribution in [0.25, 0.3) is 5.69 Å². The highest BCUT2D eigenvalue weighted by atomic mass is 32.2. The summed E-state index contributed by atoms with van der Waals surface area (Å²) in [6, 6.07) is 6.21. The first-order valence-corrected chi connectivity index (χ1v) is 8.76. The smallest absolute Gasteiger partial charge is 0.318 e. The first-order valence-electron chi connectivity index (χ1n) is 7.88. The van der Waals surface area contributed by atoms with Crippen molar-refractivity contribution in [1.29, 1.82) is 0 Å². The largest absolute Gasteiger partial charge is 0.468 e. The summed E-state index contributed by atoms with van der Waals surface area (Å²) in [6.07, 6.45) is 0. The van der Waals surface area contributed by atoms with Gasteiger partial charge in [0, 0.05) is 13.1 Å². The molecule has 2 aromatic rings. The third-order valence-corrected chi connectivity index (χ3v) is 4.81. The van der Waals surface area contributed by atoms with Crippen molar-refractivity contribution in [2.45, 2.75) is 17.3 Å². The molecule has 1 aromatic carbocycles. The number of esters is 1. The summed E-state index contributed by atoms with van der Waals surface area (Å²) in [5, 5.41) is 8.53. The fourth-order valence-electron chi connectivity index (χ4n) is 2.52. The summed E-state index contributed by atoms with van der Waals surface area (Å²) < 4.78 is 25.6. The Hall–Kier alpha value is -2.13. The van der Waals surface area contributed by atoms with E-state index in [4.69, 9.17) is 9.47 Å². The van der Waals surface area contributed by atoms with E-state index in [9.17, 15) is 9.18 Å². The molecular weight excluding hydrogens is 347 g/mol. The number of hydrogen-bond donors (Lipinski definition) is 0. The quantitative estimate of drug-likeness (QED) is 0.591. The van der Waals surface area contributed by atoms with Gasteiger partial charge in [-0.25, -0.2) is 4.39 Å². The Kier molecular flexibility index (Phi) is 5.54. The summed E-state index contributed by atoms with van der Waals surface area (Å²) in [6.45, 7) is 4.26. The van der Waals surface area contributed by atoms with Gasteiger partial charge in [0.1, 0.15) is 11.1 Å². The molecule has 0 saturated carbocycles. The van der Waals surface area contributed by atoms with Gasteiger partial charge in [-0.2, -0.15) is 0 Å². The number of morpholine rings is 1. The van der Waals surface area contributed by atoms with E-state index in [0.717, 1.165) is 0 Å². The van der Waals surface area contributed by atoms with Crippen LogP contribution >= 0.6 is 11.8 Å². The van der Waals surface area contributed by atoms with Crippen molar-refractivity contribution >= 4 is 23.7 Å². The Balaban J connectivity index is 2.00. The minimum absolute atomic E-state index is 0.351. The number of thioether (sulfide) groups is 1. The molecule has 0 bridgehead atoms. The third-order valence-electron chi connectivity index (χ3n) is 3.79. The number of nitrogens with zero attached hydrogens (tertiary/aromatic N) is 4. The van der Waals surface area contributed by atoms with Gasteiger partial charge < -0.3 is 14.4 Å². The Labute approximate surface area is 149 Å². The van der Waals surface area contributed by atoms with Crippen LogP contribution in [-0.2, 0) is 14.3 Å². The van der Waals surface area contributed by atoms with E-state index in [2.05, 4.69) is 10.2 Å². The Morgan fingerprint density at radius 3 is 2.80 bits per heavy atom. The second-order valence-electron chi connectivity index (χ2n) is 5.48. The van der Waals surface area contributed by atoms with E-state index in [1.165, 1.54) is 31.0 Å². The van der Waals surface area contributed by atoms with Gasteiger partial charge in [-0.15, -0.1) is 10.2 Å². The Bertz CT molecular complexity index is 749. The molecule has 2 heterocycles. The first-order chi connectivity index (χ1) is 12.1. The lowest BCUT2D eigenvalue weighted by Gasteiger charge is -2.28. The van der Waals surface area contributed by atoms with Crippen LogP contribution in [-0.4, -0.2) is 59.4 Å². The van der Waals surface area contributed by atoms with Gasteiger partial charge in [0.25, 0.3) is 0 Å². The molecule has 1 aliphatic heterocycles. The number of aromatic nitrogens is 3. The molecule has 9 heteroatoms. The topological polar surface area (TPSA) is 69.5 Å². The maximum Gasteiger partial charge on any atom is 0.318 e. The van der Waals surface area contributed by atoms with Crippen molar-refractivity contribution < 1.29 is 18.7 Å². The van der Waals surface area contributed by atoms with E-state index >= 15 is 0 Å². The van der Waals surface area contributed by atoms with Gasteiger partial charge in [-0.3, -0.25) is 9.36 Å². The number of benzene rings is 1. The van der Waals surface area contributed by atoms with Crippen molar-refractivity contribution in [3.63, 3.8) is 0 Å². The summed E-state index contributed by atoms with van der Waals surface area (Å²) in [7, 11) is 1.34. The average molecular weight is 366 g/mol. The van der Waals surface area contributed by atoms with Gasteiger partial charge in [0.2, 0.25) is 5.95 Å². The van der Waals surface area contributed by atoms with Crippen molar-refractivity contribution in [2.75, 3.05) is 38.3 Å². The van der Waals surface area contributed by atoms with Crippen molar-refractivity contribution in [3.8, 4) is 5.69 Å². The molecule has 0 radical (unpaired) electrons. The second kappa shape index (κ2) is 7.83. The summed E-state index contributed by atoms with van der Waals surface area (Å²) >= 11 is 1.22. The van der Waals surface area contributed by atoms with Gasteiger partial charge >= 0.3 is 5.97 Å². The van der Waals surface area contributed by atoms with Crippen LogP contribution in [0.15, 0.2) is 29.4 Å². The predicted molar refractivity (Wildman–Crippen MR) is 91.7 cm³/mol. The Morgan fingerprint density at radius 2 is 2.12 bits per heavy atom. The first kappa shape index (κ1) is 17.7. The molecule has 0 spiro atoms. The number of carbonyl (C=O) groups is 1. The number of ether oxygens (including phenoxy) is 2. The zero-order valence-electron chi connectivity index (χ0n) is 14.0. The van der Waals surface area contributed by atoms with E-state index in [1.54, 1.807) is 23.6 Å². The molecule has 1 atom stereocenters. The minimum atomic E-state index is -0.459. The van der Waals surface area contributed by atoms with Crippen LogP contribution in [0.1, 0.15) is 6.92 Å². The monoisotopic (exact) mass is 366 g/mol. The van der Waals surface area contributed by atoms with Crippen LogP contribution in [0.3, 0.4) is 0 Å². The van der Waals surface area contributed by atoms with Crippen LogP contribution in [0.5, 0.6) is 0 Å². The van der Waals surface area contributed by atoms with E-state index in [0.29, 0.717) is 43.1 Å². The lowest BCUT2D eigenvalue weighted by atomic mass is 10.3. The lowest BCUT2D eigenvalue weighted by molar-refractivity contribution is -0.139. The Morgan fingerprint density at radius 1 is 1.36 bits per heavy atom. The third kappa shape index (κ3) is 3.93. The van der Waals surface area contributed by atoms with Gasteiger partial charge in [0.05, 0.1) is 26.0 Å². The fraction of sp³-hybridized carbons (Fsp3) is 0.438. The van der Waals surface area contributed by atoms with Crippen LogP contribution < -0.4 is 4.90 Å². The SMILES string of the molecule is COC(=O)[C@H](C)Sc1nnc(N2CCOCC2)n1-c1cccc(F)c1. The van der Waals surface area contributed by atoms with Gasteiger partial charge in [-0.1, -0.05) is 17.8 Å². The van der Waals surface area contributed by atoms with E-state index < -0.39 is 5.25 Å².